The monoisotopic (exact) mass is 588 g/mol. The van der Waals surface area contributed by atoms with Crippen LogP contribution in [0.4, 0.5) is 0 Å². The summed E-state index contributed by atoms with van der Waals surface area (Å²) in [5, 5.41) is 6.45. The summed E-state index contributed by atoms with van der Waals surface area (Å²) in [5.74, 6) is 1.26. The fourth-order valence-electron chi connectivity index (χ4n) is 5.91. The van der Waals surface area contributed by atoms with E-state index in [0.29, 0.717) is 0 Å². The highest BCUT2D eigenvalue weighted by Crippen LogP contribution is 2.34. The van der Waals surface area contributed by atoms with Crippen LogP contribution in [0.5, 0.6) is 0 Å². The number of hydrogen-bond donors (Lipinski definition) is 3. The van der Waals surface area contributed by atoms with E-state index in [2.05, 4.69) is 69.0 Å². The van der Waals surface area contributed by atoms with Crippen molar-refractivity contribution in [3.8, 4) is 0 Å². The van der Waals surface area contributed by atoms with Crippen molar-refractivity contribution in [3.05, 3.63) is 95.1 Å². The second-order valence-electron chi connectivity index (χ2n) is 10.6. The van der Waals surface area contributed by atoms with Crippen LogP contribution in [0.15, 0.2) is 66.9 Å². The molecule has 39 heavy (non-hydrogen) atoms. The molecule has 1 saturated heterocycles. The number of aromatic nitrogens is 3. The van der Waals surface area contributed by atoms with E-state index in [0.717, 1.165) is 75.3 Å². The predicted octanol–water partition coefficient (Wildman–Crippen LogP) is 5.23. The molecule has 2 aliphatic rings. The van der Waals surface area contributed by atoms with E-state index in [-0.39, 0.29) is 34.8 Å². The third kappa shape index (κ3) is 6.57. The molecule has 2 aromatic heterocycles. The number of benzene rings is 2. The Bertz CT molecular complexity index is 1350. The van der Waals surface area contributed by atoms with Crippen molar-refractivity contribution >= 4 is 33.9 Å². The molecule has 0 bridgehead atoms. The van der Waals surface area contributed by atoms with E-state index in [1.54, 1.807) is 0 Å². The fourth-order valence-corrected chi connectivity index (χ4v) is 5.91. The molecule has 6 rings (SSSR count). The third-order valence-corrected chi connectivity index (χ3v) is 7.93. The number of pyridine rings is 1. The summed E-state index contributed by atoms with van der Waals surface area (Å²) in [5.41, 5.74) is 7.17. The first-order chi connectivity index (χ1) is 18.7. The zero-order valence-electron chi connectivity index (χ0n) is 22.2. The van der Waals surface area contributed by atoms with E-state index in [4.69, 9.17) is 9.97 Å². The van der Waals surface area contributed by atoms with E-state index < -0.39 is 0 Å². The average Bonchev–Trinajstić information content (AvgIpc) is 3.37. The smallest absolute Gasteiger partial charge is 0.224 e. The molecule has 4 aromatic rings. The number of para-hydroxylation sites is 2. The van der Waals surface area contributed by atoms with Crippen molar-refractivity contribution in [2.75, 3.05) is 13.1 Å². The van der Waals surface area contributed by atoms with Crippen LogP contribution in [0.2, 0.25) is 0 Å². The molecule has 1 fully saturated rings. The van der Waals surface area contributed by atoms with Gasteiger partial charge in [0.25, 0.3) is 0 Å². The number of rotatable bonds is 9. The zero-order chi connectivity index (χ0) is 25.7. The maximum Gasteiger partial charge on any atom is 0.224 e. The van der Waals surface area contributed by atoms with Crippen molar-refractivity contribution in [3.63, 3.8) is 0 Å². The van der Waals surface area contributed by atoms with Gasteiger partial charge in [0.1, 0.15) is 5.82 Å². The molecule has 204 valence electrons. The minimum Gasteiger partial charge on any atom is -0.356 e. The second kappa shape index (κ2) is 12.9. The molecular formula is C31H37BrN6O. The summed E-state index contributed by atoms with van der Waals surface area (Å²) in [6, 6.07) is 21.6. The molecule has 1 amide bonds. The zero-order valence-corrected chi connectivity index (χ0v) is 23.9. The lowest BCUT2D eigenvalue weighted by Crippen LogP contribution is -2.41. The Balaban J connectivity index is 0.00000308. The maximum absolute atomic E-state index is 12.0. The molecule has 0 saturated carbocycles. The average molecular weight is 590 g/mol. The summed E-state index contributed by atoms with van der Waals surface area (Å²) in [4.78, 5) is 27.8. The Morgan fingerprint density at radius 3 is 2.64 bits per heavy atom. The van der Waals surface area contributed by atoms with Gasteiger partial charge in [-0.3, -0.25) is 14.7 Å². The quantitative estimate of drug-likeness (QED) is 0.249. The minimum atomic E-state index is 0. The first-order valence-electron chi connectivity index (χ1n) is 13.9. The molecule has 2 atom stereocenters. The van der Waals surface area contributed by atoms with Crippen LogP contribution in [-0.2, 0) is 30.8 Å². The van der Waals surface area contributed by atoms with E-state index >= 15 is 0 Å². The van der Waals surface area contributed by atoms with E-state index in [1.165, 1.54) is 28.8 Å². The Morgan fingerprint density at radius 1 is 0.949 bits per heavy atom. The fraction of sp³-hybridized carbons (Fsp3) is 0.387. The molecule has 3 N–H and O–H groups in total. The van der Waals surface area contributed by atoms with Crippen LogP contribution in [0.1, 0.15) is 59.9 Å². The number of amides is 1. The summed E-state index contributed by atoms with van der Waals surface area (Å²) < 4.78 is 0. The highest BCUT2D eigenvalue weighted by molar-refractivity contribution is 8.93. The van der Waals surface area contributed by atoms with Gasteiger partial charge in [-0.1, -0.05) is 42.5 Å². The number of hydrogen-bond acceptors (Lipinski definition) is 5. The largest absolute Gasteiger partial charge is 0.356 e. The molecule has 0 spiro atoms. The second-order valence-corrected chi connectivity index (χ2v) is 10.6. The Labute approximate surface area is 240 Å². The van der Waals surface area contributed by atoms with Crippen LogP contribution in [0, 0.1) is 5.92 Å². The first kappa shape index (κ1) is 27.5. The van der Waals surface area contributed by atoms with Gasteiger partial charge in [-0.15, -0.1) is 17.0 Å². The maximum atomic E-state index is 12.0. The molecule has 0 radical (unpaired) electrons. The number of fused-ring (bicyclic) bond motifs is 2. The number of nitrogens with zero attached hydrogens (tertiary/aromatic N) is 3. The summed E-state index contributed by atoms with van der Waals surface area (Å²) in [6.07, 6.45) is 7.33. The first-order valence-corrected chi connectivity index (χ1v) is 13.9. The standard InChI is InChI=1S/C31H36N6O.BrH/c38-31-25(8-5-17-34-31)19-32-18-22-12-14-23(15-13-22)20-37(21-29-35-26-9-1-2-10-27(26)36-29)28-11-3-6-24-7-4-16-33-30(24)28;/h1-2,4,7,9-10,12-16,25,28,32H,3,5-6,8,11,17-21H2,(H,34,38)(H,35,36);1H. The normalized spacial score (nSPS) is 18.9. The molecular weight excluding hydrogens is 552 g/mol. The van der Waals surface area contributed by atoms with Gasteiger partial charge in [-0.25, -0.2) is 4.98 Å². The molecule has 2 aromatic carbocycles. The number of carbonyl (C=O) groups excluding carboxylic acids is 1. The highest BCUT2D eigenvalue weighted by Gasteiger charge is 2.28. The molecule has 7 nitrogen and oxygen atoms in total. The molecule has 2 unspecified atom stereocenters. The third-order valence-electron chi connectivity index (χ3n) is 7.93. The van der Waals surface area contributed by atoms with Crippen molar-refractivity contribution in [2.24, 2.45) is 5.92 Å². The van der Waals surface area contributed by atoms with Crippen LogP contribution in [0.3, 0.4) is 0 Å². The van der Waals surface area contributed by atoms with E-state index in [1.807, 2.05) is 18.3 Å². The molecule has 8 heteroatoms. The lowest BCUT2D eigenvalue weighted by atomic mass is 9.90. The van der Waals surface area contributed by atoms with Crippen molar-refractivity contribution < 1.29 is 4.79 Å². The molecule has 1 aliphatic carbocycles. The number of aryl methyl sites for hydroxylation is 1. The van der Waals surface area contributed by atoms with Gasteiger partial charge in [0.15, 0.2) is 0 Å². The lowest BCUT2D eigenvalue weighted by Gasteiger charge is -2.34. The summed E-state index contributed by atoms with van der Waals surface area (Å²) in [7, 11) is 0. The van der Waals surface area contributed by atoms with Gasteiger partial charge in [-0.2, -0.15) is 0 Å². The van der Waals surface area contributed by atoms with E-state index in [9.17, 15) is 4.79 Å². The van der Waals surface area contributed by atoms with Gasteiger partial charge in [0.2, 0.25) is 5.91 Å². The molecule has 1 aliphatic heterocycles. The number of halogens is 1. The van der Waals surface area contributed by atoms with Gasteiger partial charge >= 0.3 is 0 Å². The number of H-pyrrole nitrogens is 1. The number of piperidine rings is 1. The van der Waals surface area contributed by atoms with Crippen molar-refractivity contribution in [1.29, 1.82) is 0 Å². The molecule has 3 heterocycles. The number of imidazole rings is 1. The van der Waals surface area contributed by atoms with Gasteiger partial charge < -0.3 is 15.6 Å². The summed E-state index contributed by atoms with van der Waals surface area (Å²) >= 11 is 0. The van der Waals surface area contributed by atoms with Crippen LogP contribution >= 0.6 is 17.0 Å². The van der Waals surface area contributed by atoms with Gasteiger partial charge in [0.05, 0.1) is 35.2 Å². The highest BCUT2D eigenvalue weighted by atomic mass is 79.9. The number of nitrogens with one attached hydrogen (secondary N) is 3. The Hall–Kier alpha value is -3.07. The van der Waals surface area contributed by atoms with Crippen LogP contribution in [0.25, 0.3) is 11.0 Å². The SMILES string of the molecule is Br.O=C1NCCCC1CNCc1ccc(CN(Cc2nc3ccccc3[nH]2)C2CCCc3cccnc32)cc1. The minimum absolute atomic E-state index is 0. The number of aromatic amines is 1. The lowest BCUT2D eigenvalue weighted by molar-refractivity contribution is -0.126. The van der Waals surface area contributed by atoms with Crippen molar-refractivity contribution in [2.45, 2.75) is 57.8 Å². The Kier molecular flexibility index (Phi) is 9.06. The predicted molar refractivity (Wildman–Crippen MR) is 159 cm³/mol. The van der Waals surface area contributed by atoms with Crippen LogP contribution < -0.4 is 10.6 Å². The van der Waals surface area contributed by atoms with Crippen molar-refractivity contribution in [1.82, 2.24) is 30.5 Å². The topological polar surface area (TPSA) is 85.9 Å². The van der Waals surface area contributed by atoms with Gasteiger partial charge in [-0.05, 0) is 67.0 Å². The summed E-state index contributed by atoms with van der Waals surface area (Å²) in [6.45, 7) is 3.88. The van der Waals surface area contributed by atoms with Crippen LogP contribution in [-0.4, -0.2) is 38.8 Å². The number of carbonyl (C=O) groups is 1. The Morgan fingerprint density at radius 2 is 1.79 bits per heavy atom. The van der Waals surface area contributed by atoms with Gasteiger partial charge in [0, 0.05) is 32.4 Å².